The summed E-state index contributed by atoms with van der Waals surface area (Å²) in [5.41, 5.74) is 0.855. The summed E-state index contributed by atoms with van der Waals surface area (Å²) in [5.74, 6) is 0.606. The number of nitro groups is 1. The number of hydrogen-bond acceptors (Lipinski definition) is 3. The topological polar surface area (TPSA) is 72.2 Å². The Balaban J connectivity index is 1.77. The van der Waals surface area contributed by atoms with E-state index in [1.54, 1.807) is 12.1 Å². The molecule has 1 aliphatic carbocycles. The highest BCUT2D eigenvalue weighted by Gasteiger charge is 2.14. The van der Waals surface area contributed by atoms with Crippen LogP contribution in [0.3, 0.4) is 0 Å². The fourth-order valence-corrected chi connectivity index (χ4v) is 2.63. The third kappa shape index (κ3) is 4.33. The average molecular weight is 276 g/mol. The number of nitro benzene ring substituents is 1. The number of carbonyl (C=O) groups excluding carboxylic acids is 1. The highest BCUT2D eigenvalue weighted by molar-refractivity contribution is 5.78. The fourth-order valence-electron chi connectivity index (χ4n) is 2.63. The van der Waals surface area contributed by atoms with Crippen LogP contribution in [0, 0.1) is 16.0 Å². The van der Waals surface area contributed by atoms with Gasteiger partial charge < -0.3 is 5.32 Å². The molecule has 0 bridgehead atoms. The molecule has 1 amide bonds. The van der Waals surface area contributed by atoms with Crippen molar-refractivity contribution in [2.24, 2.45) is 5.92 Å². The van der Waals surface area contributed by atoms with E-state index in [0.717, 1.165) is 12.1 Å². The van der Waals surface area contributed by atoms with Gasteiger partial charge in [0.15, 0.2) is 0 Å². The predicted octanol–water partition coefficient (Wildman–Crippen LogP) is 2.83. The number of hydrogen-bond donors (Lipinski definition) is 1. The van der Waals surface area contributed by atoms with E-state index in [4.69, 9.17) is 0 Å². The number of rotatable bonds is 5. The van der Waals surface area contributed by atoms with E-state index in [0.29, 0.717) is 5.92 Å². The Hall–Kier alpha value is -1.91. The van der Waals surface area contributed by atoms with Gasteiger partial charge in [-0.15, -0.1) is 0 Å². The molecule has 1 N–H and O–H groups in total. The maximum atomic E-state index is 11.8. The van der Waals surface area contributed by atoms with E-state index < -0.39 is 4.92 Å². The van der Waals surface area contributed by atoms with Crippen molar-refractivity contribution in [1.82, 2.24) is 5.32 Å². The first kappa shape index (κ1) is 14.5. The van der Waals surface area contributed by atoms with Crippen molar-refractivity contribution in [1.29, 1.82) is 0 Å². The summed E-state index contributed by atoms with van der Waals surface area (Å²) in [6.07, 6.45) is 6.54. The van der Waals surface area contributed by atoms with Crippen molar-refractivity contribution in [2.45, 2.75) is 38.5 Å². The van der Waals surface area contributed by atoms with E-state index in [-0.39, 0.29) is 18.0 Å². The minimum Gasteiger partial charge on any atom is -0.356 e. The second kappa shape index (κ2) is 7.03. The van der Waals surface area contributed by atoms with E-state index in [1.165, 1.54) is 44.2 Å². The van der Waals surface area contributed by atoms with Crippen molar-refractivity contribution in [3.63, 3.8) is 0 Å². The van der Waals surface area contributed by atoms with Crippen LogP contribution in [0.1, 0.15) is 37.7 Å². The van der Waals surface area contributed by atoms with Crippen molar-refractivity contribution >= 4 is 11.6 Å². The van der Waals surface area contributed by atoms with Gasteiger partial charge in [-0.2, -0.15) is 0 Å². The van der Waals surface area contributed by atoms with E-state index >= 15 is 0 Å². The molecular weight excluding hydrogens is 256 g/mol. The Morgan fingerprint density at radius 2 is 1.85 bits per heavy atom. The van der Waals surface area contributed by atoms with Crippen LogP contribution < -0.4 is 5.32 Å². The van der Waals surface area contributed by atoms with Gasteiger partial charge in [-0.05, 0) is 24.3 Å². The fraction of sp³-hybridized carbons (Fsp3) is 0.533. The summed E-state index contributed by atoms with van der Waals surface area (Å²) in [6, 6.07) is 6.14. The molecule has 5 nitrogen and oxygen atoms in total. The lowest BCUT2D eigenvalue weighted by molar-refractivity contribution is -0.384. The summed E-state index contributed by atoms with van der Waals surface area (Å²) < 4.78 is 0. The quantitative estimate of drug-likeness (QED) is 0.664. The summed E-state index contributed by atoms with van der Waals surface area (Å²) in [5, 5.41) is 13.5. The number of nitrogens with zero attached hydrogens (tertiary/aromatic N) is 1. The van der Waals surface area contributed by atoms with Gasteiger partial charge in [0.25, 0.3) is 5.69 Å². The minimum atomic E-state index is -0.438. The van der Waals surface area contributed by atoms with Gasteiger partial charge in [-0.25, -0.2) is 0 Å². The molecule has 0 aliphatic heterocycles. The van der Waals surface area contributed by atoms with Crippen molar-refractivity contribution in [3.05, 3.63) is 39.9 Å². The van der Waals surface area contributed by atoms with E-state index in [2.05, 4.69) is 5.32 Å². The molecule has 1 fully saturated rings. The molecular formula is C15H20N2O3. The van der Waals surface area contributed by atoms with Crippen LogP contribution in [0.5, 0.6) is 0 Å². The zero-order valence-corrected chi connectivity index (χ0v) is 11.5. The van der Waals surface area contributed by atoms with Crippen LogP contribution in [-0.2, 0) is 11.2 Å². The monoisotopic (exact) mass is 276 g/mol. The molecule has 0 heterocycles. The molecule has 0 saturated heterocycles. The lowest BCUT2D eigenvalue weighted by Crippen LogP contribution is -2.31. The van der Waals surface area contributed by atoms with Crippen molar-refractivity contribution < 1.29 is 9.72 Å². The van der Waals surface area contributed by atoms with E-state index in [1.807, 2.05) is 0 Å². The Labute approximate surface area is 118 Å². The summed E-state index contributed by atoms with van der Waals surface area (Å²) in [4.78, 5) is 21.9. The van der Waals surface area contributed by atoms with Gasteiger partial charge in [0, 0.05) is 18.7 Å². The molecule has 0 radical (unpaired) electrons. The molecule has 20 heavy (non-hydrogen) atoms. The molecule has 0 aromatic heterocycles. The summed E-state index contributed by atoms with van der Waals surface area (Å²) in [7, 11) is 0. The smallest absolute Gasteiger partial charge is 0.269 e. The van der Waals surface area contributed by atoms with E-state index in [9.17, 15) is 14.9 Å². The Morgan fingerprint density at radius 1 is 1.20 bits per heavy atom. The zero-order valence-electron chi connectivity index (χ0n) is 11.5. The van der Waals surface area contributed by atoms with Gasteiger partial charge in [0.2, 0.25) is 5.91 Å². The maximum absolute atomic E-state index is 11.8. The third-order valence-electron chi connectivity index (χ3n) is 3.82. The molecule has 1 aromatic carbocycles. The first-order valence-corrected chi connectivity index (χ1v) is 7.15. The van der Waals surface area contributed by atoms with Crippen LogP contribution in [0.25, 0.3) is 0 Å². The molecule has 1 aliphatic rings. The highest BCUT2D eigenvalue weighted by Crippen LogP contribution is 2.22. The second-order valence-electron chi connectivity index (χ2n) is 5.41. The minimum absolute atomic E-state index is 0.00979. The number of amides is 1. The molecule has 0 atom stereocenters. The van der Waals surface area contributed by atoms with Gasteiger partial charge in [-0.1, -0.05) is 31.4 Å². The molecule has 5 heteroatoms. The SMILES string of the molecule is O=C(Cc1ccc([N+](=O)[O-])cc1)NCC1CCCCC1. The van der Waals surface area contributed by atoms with Gasteiger partial charge in [-0.3, -0.25) is 14.9 Å². The number of benzene rings is 1. The van der Waals surface area contributed by atoms with Gasteiger partial charge in [0.1, 0.15) is 0 Å². The predicted molar refractivity (Wildman–Crippen MR) is 76.4 cm³/mol. The molecule has 2 rings (SSSR count). The highest BCUT2D eigenvalue weighted by atomic mass is 16.6. The van der Waals surface area contributed by atoms with Crippen LogP contribution in [0.2, 0.25) is 0 Å². The standard InChI is InChI=1S/C15H20N2O3/c18-15(16-11-13-4-2-1-3-5-13)10-12-6-8-14(9-7-12)17(19)20/h6-9,13H,1-5,10-11H2,(H,16,18). The maximum Gasteiger partial charge on any atom is 0.269 e. The molecule has 0 unspecified atom stereocenters. The Bertz CT molecular complexity index is 465. The van der Waals surface area contributed by atoms with Crippen LogP contribution >= 0.6 is 0 Å². The normalized spacial score (nSPS) is 15.8. The number of non-ortho nitro benzene ring substituents is 1. The van der Waals surface area contributed by atoms with Crippen molar-refractivity contribution in [3.8, 4) is 0 Å². The summed E-state index contributed by atoms with van der Waals surface area (Å²) in [6.45, 7) is 0.756. The van der Waals surface area contributed by atoms with Crippen LogP contribution in [0.15, 0.2) is 24.3 Å². The van der Waals surface area contributed by atoms with Crippen molar-refractivity contribution in [2.75, 3.05) is 6.54 Å². The largest absolute Gasteiger partial charge is 0.356 e. The van der Waals surface area contributed by atoms with Gasteiger partial charge in [0.05, 0.1) is 11.3 Å². The third-order valence-corrected chi connectivity index (χ3v) is 3.82. The molecule has 0 spiro atoms. The zero-order chi connectivity index (χ0) is 14.4. The Kier molecular flexibility index (Phi) is 5.09. The first-order valence-electron chi connectivity index (χ1n) is 7.15. The van der Waals surface area contributed by atoms with Gasteiger partial charge >= 0.3 is 0 Å². The van der Waals surface area contributed by atoms with Crippen LogP contribution in [0.4, 0.5) is 5.69 Å². The molecule has 108 valence electrons. The average Bonchev–Trinajstić information content (AvgIpc) is 2.47. The number of nitrogens with one attached hydrogen (secondary N) is 1. The second-order valence-corrected chi connectivity index (χ2v) is 5.41. The lowest BCUT2D eigenvalue weighted by atomic mass is 9.89. The summed E-state index contributed by atoms with van der Waals surface area (Å²) >= 11 is 0. The Morgan fingerprint density at radius 3 is 2.45 bits per heavy atom. The first-order chi connectivity index (χ1) is 9.65. The molecule has 1 saturated carbocycles. The molecule has 1 aromatic rings. The lowest BCUT2D eigenvalue weighted by Gasteiger charge is -2.21. The number of carbonyl (C=O) groups is 1. The van der Waals surface area contributed by atoms with Crippen LogP contribution in [-0.4, -0.2) is 17.4 Å².